The molecule has 70 heavy (non-hydrogen) atoms. The molecule has 0 saturated carbocycles. The molecule has 1 radical (unpaired) electrons. The van der Waals surface area contributed by atoms with E-state index in [1.54, 1.807) is 49.6 Å². The van der Waals surface area contributed by atoms with Crippen LogP contribution in [0.5, 0.6) is 5.75 Å². The summed E-state index contributed by atoms with van der Waals surface area (Å²) in [5, 5.41) is 3.51. The van der Waals surface area contributed by atoms with Crippen molar-refractivity contribution in [3.8, 4) is 5.75 Å². The maximum Gasteiger partial charge on any atom is 0.262 e. The second-order valence-corrected chi connectivity index (χ2v) is 16.0. The van der Waals surface area contributed by atoms with E-state index in [4.69, 9.17) is 33.5 Å². The summed E-state index contributed by atoms with van der Waals surface area (Å²) in [7, 11) is 1.60. The van der Waals surface area contributed by atoms with E-state index >= 15 is 0 Å². The van der Waals surface area contributed by atoms with Crippen molar-refractivity contribution in [2.45, 2.75) is 67.2 Å². The van der Waals surface area contributed by atoms with Crippen molar-refractivity contribution >= 4 is 98.2 Å². The second-order valence-electron chi connectivity index (χ2n) is 15.6. The van der Waals surface area contributed by atoms with Gasteiger partial charge in [-0.1, -0.05) is 71.8 Å². The third-order valence-corrected chi connectivity index (χ3v) is 9.86. The van der Waals surface area contributed by atoms with E-state index in [9.17, 15) is 47.9 Å². The predicted molar refractivity (Wildman–Crippen MR) is 266 cm³/mol. The molecular weight excluding hydrogens is 965 g/mol. The molecule has 0 saturated heterocycles. The topological polar surface area (TPSA) is 273 Å². The molecule has 5 aromatic carbocycles. The van der Waals surface area contributed by atoms with Crippen LogP contribution >= 0.6 is 11.6 Å². The van der Waals surface area contributed by atoms with Crippen LogP contribution in [0.4, 0.5) is 28.4 Å². The minimum Gasteiger partial charge on any atom is -0.495 e. The zero-order valence-electron chi connectivity index (χ0n) is 39.8. The van der Waals surface area contributed by atoms with Gasteiger partial charge in [0, 0.05) is 33.7 Å². The number of ether oxygens (including phenoxy) is 1. The van der Waals surface area contributed by atoms with Crippen LogP contribution in [0.3, 0.4) is 0 Å². The molecule has 0 heterocycles. The third-order valence-electron chi connectivity index (χ3n) is 9.52. The van der Waals surface area contributed by atoms with Crippen LogP contribution in [0.1, 0.15) is 74.9 Å². The number of nitrogen functional groups attached to an aromatic ring is 3. The molecule has 0 aliphatic carbocycles. The first-order chi connectivity index (χ1) is 32.4. The number of amides is 3. The van der Waals surface area contributed by atoms with Crippen LogP contribution in [-0.4, -0.2) is 65.3 Å². The number of aryl methyl sites for hydroxylation is 2. The van der Waals surface area contributed by atoms with E-state index in [-0.39, 0.29) is 28.4 Å². The first-order valence-electron chi connectivity index (χ1n) is 21.1. The number of anilines is 5. The number of nitrogens with zero attached hydrogens (tertiary/aromatic N) is 1. The number of ketones is 7. The first-order valence-corrected chi connectivity index (χ1v) is 21.5. The number of methoxy groups -OCH3 is 1. The van der Waals surface area contributed by atoms with E-state index < -0.39 is 83.4 Å². The van der Waals surface area contributed by atoms with Crippen molar-refractivity contribution in [1.29, 1.82) is 0 Å². The number of carbonyl (C=O) groups is 10. The molecule has 18 heteroatoms. The summed E-state index contributed by atoms with van der Waals surface area (Å²) in [5.74, 6) is -9.59. The quantitative estimate of drug-likeness (QED) is 0.0551. The van der Waals surface area contributed by atoms with Gasteiger partial charge in [-0.3, -0.25) is 47.9 Å². The fourth-order valence-corrected chi connectivity index (χ4v) is 6.37. The van der Waals surface area contributed by atoms with Crippen molar-refractivity contribution in [3.05, 3.63) is 143 Å². The number of hydrogen-bond acceptors (Lipinski definition) is 14. The van der Waals surface area contributed by atoms with Crippen LogP contribution in [-0.2, 0) is 59.9 Å². The fraction of sp³-hybridized carbons (Fsp3) is 0.231. The zero-order valence-corrected chi connectivity index (χ0v) is 41.6. The predicted octanol–water partition coefficient (Wildman–Crippen LogP) is 7.49. The zero-order chi connectivity index (χ0) is 52.0. The first kappa shape index (κ1) is 60.4. The largest absolute Gasteiger partial charge is 0.495 e. The number of nitrogens with one attached hydrogen (secondary N) is 1. The normalized spacial score (nSPS) is 10.0. The van der Waals surface area contributed by atoms with Gasteiger partial charge in [-0.15, -0.1) is 0 Å². The molecule has 0 bridgehead atoms. The molecule has 0 aliphatic rings. The molecule has 0 aliphatic heterocycles. The molecule has 3 amide bonds. The summed E-state index contributed by atoms with van der Waals surface area (Å²) < 4.78 is 4.92. The van der Waals surface area contributed by atoms with Crippen LogP contribution in [0.25, 0.3) is 0 Å². The van der Waals surface area contributed by atoms with Crippen LogP contribution < -0.4 is 32.2 Å². The fourth-order valence-electron chi connectivity index (χ4n) is 6.24. The van der Waals surface area contributed by atoms with Gasteiger partial charge in [0.25, 0.3) is 11.8 Å². The molecule has 7 N–H and O–H groups in total. The third kappa shape index (κ3) is 18.5. The average molecular weight is 1020 g/mol. The molecule has 0 atom stereocenters. The summed E-state index contributed by atoms with van der Waals surface area (Å²) >= 11 is 5.58. The number of rotatable bonds is 16. The monoisotopic (exact) mass is 1020 g/mol. The minimum absolute atomic E-state index is 0. The van der Waals surface area contributed by atoms with E-state index in [0.717, 1.165) is 44.7 Å². The molecule has 371 valence electrons. The summed E-state index contributed by atoms with van der Waals surface area (Å²) in [6.07, 6.45) is -3.92. The molecule has 0 fully saturated rings. The van der Waals surface area contributed by atoms with Crippen molar-refractivity contribution < 1.29 is 69.5 Å². The smallest absolute Gasteiger partial charge is 0.262 e. The molecule has 0 aromatic heterocycles. The maximum absolute atomic E-state index is 13.9. The van der Waals surface area contributed by atoms with Gasteiger partial charge in [0.15, 0.2) is 17.3 Å². The number of halogens is 1. The molecule has 0 spiro atoms. The Kier molecular flexibility index (Phi) is 25.3. The number of benzene rings is 5. The molecule has 5 rings (SSSR count). The average Bonchev–Trinajstić information content (AvgIpc) is 3.26. The van der Waals surface area contributed by atoms with E-state index in [2.05, 4.69) is 5.32 Å². The number of Topliss-reactive ketones (excluding diaryl/α,β-unsaturated/α-hetero) is 7. The Balaban J connectivity index is 0.000000555. The van der Waals surface area contributed by atoms with Crippen molar-refractivity contribution in [2.24, 2.45) is 5.41 Å². The summed E-state index contributed by atoms with van der Waals surface area (Å²) in [6, 6.07) is 34.3. The minimum atomic E-state index is -3.30. The maximum atomic E-state index is 13.9. The van der Waals surface area contributed by atoms with Gasteiger partial charge in [0.2, 0.25) is 11.3 Å². The van der Waals surface area contributed by atoms with Crippen molar-refractivity contribution in [2.75, 3.05) is 34.5 Å². The van der Waals surface area contributed by atoms with Crippen molar-refractivity contribution in [3.63, 3.8) is 0 Å². The van der Waals surface area contributed by atoms with Gasteiger partial charge in [0.1, 0.15) is 28.9 Å². The van der Waals surface area contributed by atoms with E-state index in [1.807, 2.05) is 62.4 Å². The standard InChI is InChI=1S/C24H25NO9.C15H16N2O.C7H9NO.C6H6ClN.Co/c1-14(26)10-19(30)24(20(31)11-15(2)27,21(32)12-16(3)28)23(34)25(22(33)13-17(4)29)18-8-6-5-7-9-18;1-10-3-8-14(11(2)9-10)17-15(18)12-4-6-13(16)7-5-12;1-9-7-5-3-2-4-6(7)8;7-5-3-1-2-4-6(5)8;/h5-9H,10-13H2,1-4H3;3-9H,16H2,1-2H3,(H,17,18);2-5H,8H2,1H3;1-4H,8H2;. The number of para-hydroxylation sites is 4. The van der Waals surface area contributed by atoms with Gasteiger partial charge in [-0.25, -0.2) is 4.90 Å². The molecular formula is C52H56ClCoN5O11. The Morgan fingerprint density at radius 2 is 1.04 bits per heavy atom. The van der Waals surface area contributed by atoms with Gasteiger partial charge in [-0.05, 0) is 114 Å². The van der Waals surface area contributed by atoms with Crippen LogP contribution in [0.2, 0.25) is 5.02 Å². The van der Waals surface area contributed by atoms with E-state index in [0.29, 0.717) is 32.5 Å². The molecule has 0 unspecified atom stereocenters. The van der Waals surface area contributed by atoms with E-state index in [1.165, 1.54) is 35.9 Å². The SMILES string of the molecule is CC(=O)CC(=O)N(C(=O)C(C(=O)CC(C)=O)(C(=O)CC(C)=O)C(=O)CC(C)=O)c1ccccc1.COc1ccccc1N.Cc1ccc(NC(=O)c2ccc(N)cc2)c(C)c1.Nc1ccccc1Cl.[Co]. The Labute approximate surface area is 421 Å². The number of carbonyl (C=O) groups excluding carboxylic acids is 10. The Morgan fingerprint density at radius 1 is 0.586 bits per heavy atom. The van der Waals surface area contributed by atoms with Gasteiger partial charge < -0.3 is 27.3 Å². The van der Waals surface area contributed by atoms with Crippen LogP contribution in [0.15, 0.2) is 121 Å². The number of hydrogen-bond donors (Lipinski definition) is 4. The summed E-state index contributed by atoms with van der Waals surface area (Å²) in [6.45, 7) is 8.02. The summed E-state index contributed by atoms with van der Waals surface area (Å²) in [5.41, 5.74) is 18.7. The number of imide groups is 1. The Morgan fingerprint density at radius 3 is 1.44 bits per heavy atom. The van der Waals surface area contributed by atoms with Gasteiger partial charge >= 0.3 is 0 Å². The van der Waals surface area contributed by atoms with Crippen LogP contribution in [0, 0.1) is 19.3 Å². The second kappa shape index (κ2) is 29.3. The van der Waals surface area contributed by atoms with Gasteiger partial charge in [-0.2, -0.15) is 0 Å². The van der Waals surface area contributed by atoms with Gasteiger partial charge in [0.05, 0.1) is 54.9 Å². The Bertz CT molecular complexity index is 2600. The number of nitrogens with two attached hydrogens (primary N) is 3. The van der Waals surface area contributed by atoms with Crippen molar-refractivity contribution in [1.82, 2.24) is 0 Å². The molecule has 16 nitrogen and oxygen atoms in total. The Hall–Kier alpha value is -7.60. The molecule has 5 aromatic rings. The summed E-state index contributed by atoms with van der Waals surface area (Å²) in [4.78, 5) is 126.